The number of aliphatic hydroxyl groups is 1. The van der Waals surface area contributed by atoms with Crippen LogP contribution in [0, 0.1) is 24.7 Å². The van der Waals surface area contributed by atoms with E-state index in [0.717, 1.165) is 12.0 Å². The fraction of sp³-hybridized carbons (Fsp3) is 0.552. The molecule has 4 heterocycles. The normalized spacial score (nSPS) is 34.2. The highest BCUT2D eigenvalue weighted by Gasteiger charge is 2.74. The Morgan fingerprint density at radius 2 is 1.95 bits per heavy atom. The lowest BCUT2D eigenvalue weighted by Crippen LogP contribution is -2.58. The van der Waals surface area contributed by atoms with Crippen molar-refractivity contribution < 1.29 is 24.2 Å². The van der Waals surface area contributed by atoms with E-state index in [4.69, 9.17) is 16.3 Å². The number of rotatable bonds is 5. The van der Waals surface area contributed by atoms with Gasteiger partial charge in [-0.2, -0.15) is 0 Å². The summed E-state index contributed by atoms with van der Waals surface area (Å²) in [5.74, 6) is -2.57. The maximum Gasteiger partial charge on any atom is 0.311 e. The van der Waals surface area contributed by atoms with E-state index in [-0.39, 0.29) is 37.5 Å². The lowest BCUT2D eigenvalue weighted by atomic mass is 9.74. The lowest BCUT2D eigenvalue weighted by molar-refractivity contribution is -0.155. The predicted molar refractivity (Wildman–Crippen MR) is 149 cm³/mol. The van der Waals surface area contributed by atoms with E-state index in [1.54, 1.807) is 15.9 Å². The Morgan fingerprint density at radius 3 is 2.63 bits per heavy atom. The summed E-state index contributed by atoms with van der Waals surface area (Å²) in [6, 6.07) is 4.01. The minimum absolute atomic E-state index is 0.0593. The molecule has 1 unspecified atom stereocenters. The first kappa shape index (κ1) is 27.3. The van der Waals surface area contributed by atoms with E-state index in [9.17, 15) is 19.5 Å². The van der Waals surface area contributed by atoms with E-state index in [2.05, 4.69) is 0 Å². The Balaban J connectivity index is 1.72. The molecule has 7 atom stereocenters. The Bertz CT molecular complexity index is 1200. The number of esters is 1. The van der Waals surface area contributed by atoms with Gasteiger partial charge >= 0.3 is 5.97 Å². The van der Waals surface area contributed by atoms with Gasteiger partial charge in [-0.05, 0) is 37.8 Å². The van der Waals surface area contributed by atoms with Gasteiger partial charge in [0.2, 0.25) is 5.91 Å². The summed E-state index contributed by atoms with van der Waals surface area (Å²) < 4.78 is 3.87. The van der Waals surface area contributed by atoms with Crippen LogP contribution >= 0.6 is 23.4 Å². The molecule has 1 spiro atoms. The predicted octanol–water partition coefficient (Wildman–Crippen LogP) is 4.15. The van der Waals surface area contributed by atoms with Crippen LogP contribution in [0.25, 0.3) is 0 Å². The van der Waals surface area contributed by atoms with Crippen molar-refractivity contribution in [1.29, 1.82) is 0 Å². The molecule has 1 aromatic carbocycles. The van der Waals surface area contributed by atoms with Crippen LogP contribution in [-0.2, 0) is 19.1 Å². The van der Waals surface area contributed by atoms with Crippen LogP contribution in [-0.4, -0.2) is 69.1 Å². The van der Waals surface area contributed by atoms with Gasteiger partial charge in [-0.25, -0.2) is 0 Å². The number of thioether (sulfide) groups is 1. The molecule has 0 aromatic heterocycles. The average molecular weight is 559 g/mol. The highest BCUT2D eigenvalue weighted by Crippen LogP contribution is 2.66. The van der Waals surface area contributed by atoms with Crippen molar-refractivity contribution in [2.75, 3.05) is 24.7 Å². The van der Waals surface area contributed by atoms with Gasteiger partial charge in [-0.1, -0.05) is 68.3 Å². The third kappa shape index (κ3) is 3.94. The molecule has 1 N–H and O–H groups in total. The number of carbonyl (C=O) groups is 3. The summed E-state index contributed by atoms with van der Waals surface area (Å²) in [6.07, 6.45) is 9.23. The van der Waals surface area contributed by atoms with Crippen molar-refractivity contribution in [2.45, 2.75) is 62.1 Å². The molecule has 2 saturated heterocycles. The van der Waals surface area contributed by atoms with Crippen molar-refractivity contribution in [2.24, 2.45) is 17.8 Å². The average Bonchev–Trinajstić information content (AvgIpc) is 3.19. The summed E-state index contributed by atoms with van der Waals surface area (Å²) in [7, 11) is 0. The number of amides is 2. The van der Waals surface area contributed by atoms with Crippen LogP contribution in [0.15, 0.2) is 42.5 Å². The van der Waals surface area contributed by atoms with Gasteiger partial charge in [0.25, 0.3) is 5.91 Å². The van der Waals surface area contributed by atoms with Gasteiger partial charge in [0.15, 0.2) is 0 Å². The van der Waals surface area contributed by atoms with E-state index >= 15 is 0 Å². The van der Waals surface area contributed by atoms with Crippen molar-refractivity contribution in [3.63, 3.8) is 0 Å². The third-order valence-electron chi connectivity index (χ3n) is 8.76. The number of nitrogens with zero attached hydrogens (tertiary/aromatic N) is 2. The number of aliphatic hydroxyl groups excluding tert-OH is 1. The molecule has 0 saturated carbocycles. The molecule has 0 bridgehead atoms. The van der Waals surface area contributed by atoms with Crippen LogP contribution in [0.2, 0.25) is 5.02 Å². The highest BCUT2D eigenvalue weighted by molar-refractivity contribution is 8.02. The number of aryl methyl sites for hydroxylation is 1. The van der Waals surface area contributed by atoms with Crippen molar-refractivity contribution in [1.82, 2.24) is 4.90 Å². The fourth-order valence-corrected chi connectivity index (χ4v) is 9.23. The second-order valence-electron chi connectivity index (χ2n) is 11.0. The molecule has 9 heteroatoms. The Morgan fingerprint density at radius 1 is 1.18 bits per heavy atom. The first-order valence-corrected chi connectivity index (χ1v) is 14.5. The molecule has 1 aromatic rings. The molecule has 204 valence electrons. The largest absolute Gasteiger partial charge is 0.465 e. The van der Waals surface area contributed by atoms with Crippen LogP contribution in [0.4, 0.5) is 5.69 Å². The van der Waals surface area contributed by atoms with Gasteiger partial charge in [0.05, 0.1) is 46.5 Å². The third-order valence-corrected chi connectivity index (χ3v) is 10.9. The van der Waals surface area contributed by atoms with Crippen LogP contribution in [0.5, 0.6) is 0 Å². The van der Waals surface area contributed by atoms with E-state index in [0.29, 0.717) is 17.1 Å². The van der Waals surface area contributed by atoms with Gasteiger partial charge in [0.1, 0.15) is 6.04 Å². The number of ether oxygens (including phenoxy) is 1. The van der Waals surface area contributed by atoms with E-state index in [1.807, 2.05) is 64.1 Å². The summed E-state index contributed by atoms with van der Waals surface area (Å²) in [5, 5.41) is 11.0. The minimum Gasteiger partial charge on any atom is -0.465 e. The summed E-state index contributed by atoms with van der Waals surface area (Å²) in [4.78, 5) is 45.9. The number of fused-ring (bicyclic) bond motifs is 2. The zero-order chi connectivity index (χ0) is 27.4. The zero-order valence-corrected chi connectivity index (χ0v) is 23.8. The summed E-state index contributed by atoms with van der Waals surface area (Å²) in [6.45, 7) is 8.11. The number of likely N-dealkylation sites (tertiary alicyclic amines) is 1. The molecule has 2 fully saturated rings. The van der Waals surface area contributed by atoms with Gasteiger partial charge in [-0.3, -0.25) is 14.4 Å². The Kier molecular flexibility index (Phi) is 7.20. The van der Waals surface area contributed by atoms with Crippen molar-refractivity contribution in [3.05, 3.63) is 53.1 Å². The molecule has 5 rings (SSSR count). The van der Waals surface area contributed by atoms with Gasteiger partial charge < -0.3 is 19.6 Å². The first-order chi connectivity index (χ1) is 18.1. The molecular formula is C29H35ClN2O5S. The maximum absolute atomic E-state index is 14.7. The molecule has 0 aliphatic carbocycles. The summed E-state index contributed by atoms with van der Waals surface area (Å²) >= 11 is 8.13. The highest BCUT2D eigenvalue weighted by atomic mass is 35.5. The van der Waals surface area contributed by atoms with Crippen molar-refractivity contribution in [3.8, 4) is 0 Å². The van der Waals surface area contributed by atoms with E-state index in [1.165, 1.54) is 11.8 Å². The standard InChI is InChI=1S/C29H35ClN2O5S/c1-5-17(2)20(16-33)32-24-26(35)31(23-18(3)10-8-11-19(23)30)14-9-13-29(24)21(25(32)34)22-27(36)37-15-7-6-12-28(22,4)38-29/h6,8-13,17,20-22,24,33H,5,7,14-16H2,1-4H3/t17-,20-,21-,22-,24?,28+,29-/m0/s1. The molecule has 4 aliphatic rings. The van der Waals surface area contributed by atoms with Crippen LogP contribution in [0.1, 0.15) is 39.2 Å². The topological polar surface area (TPSA) is 87.2 Å². The number of hydrogen-bond donors (Lipinski definition) is 1. The van der Waals surface area contributed by atoms with Crippen molar-refractivity contribution >= 4 is 46.8 Å². The first-order valence-electron chi connectivity index (χ1n) is 13.3. The van der Waals surface area contributed by atoms with Gasteiger partial charge in [0, 0.05) is 11.3 Å². The van der Waals surface area contributed by atoms with Crippen LogP contribution < -0.4 is 4.90 Å². The SMILES string of the molecule is CC[C@H](C)[C@H](CO)N1C(=O)[C@@H]2[C@H]3C(=O)OCCC=C[C@@]3(C)S[C@@]23C=CCN(c2c(C)cccc2Cl)C(=O)C13. The number of carbonyl (C=O) groups excluding carboxylic acids is 3. The number of halogens is 1. The number of hydrogen-bond acceptors (Lipinski definition) is 6. The molecular weight excluding hydrogens is 524 g/mol. The molecule has 2 amide bonds. The Hall–Kier alpha value is -2.29. The monoisotopic (exact) mass is 558 g/mol. The lowest BCUT2D eigenvalue weighted by Gasteiger charge is -2.41. The van der Waals surface area contributed by atoms with Gasteiger partial charge in [-0.15, -0.1) is 11.8 Å². The molecule has 38 heavy (non-hydrogen) atoms. The smallest absolute Gasteiger partial charge is 0.311 e. The van der Waals surface area contributed by atoms with E-state index < -0.39 is 39.4 Å². The number of anilines is 1. The maximum atomic E-state index is 14.7. The number of benzene rings is 1. The summed E-state index contributed by atoms with van der Waals surface area (Å²) in [5.41, 5.74) is 1.46. The minimum atomic E-state index is -1.01. The fourth-order valence-electron chi connectivity index (χ4n) is 6.76. The second kappa shape index (κ2) is 10.0. The zero-order valence-electron chi connectivity index (χ0n) is 22.2. The second-order valence-corrected chi connectivity index (χ2v) is 13.2. The van der Waals surface area contributed by atoms with Crippen LogP contribution in [0.3, 0.4) is 0 Å². The molecule has 7 nitrogen and oxygen atoms in total. The quantitative estimate of drug-likeness (QED) is 0.431. The molecule has 4 aliphatic heterocycles. The Labute approximate surface area is 233 Å². The number of para-hydroxylation sites is 1. The number of cyclic esters (lactones) is 1. The molecule has 0 radical (unpaired) electrons.